The van der Waals surface area contributed by atoms with Gasteiger partial charge in [0.15, 0.2) is 0 Å². The lowest BCUT2D eigenvalue weighted by atomic mass is 10.1. The van der Waals surface area contributed by atoms with Crippen molar-refractivity contribution < 1.29 is 4.79 Å². The highest BCUT2D eigenvalue weighted by Gasteiger charge is 2.15. The molecule has 0 fully saturated rings. The molecule has 2 rings (SSSR count). The third kappa shape index (κ3) is 2.97. The maximum atomic E-state index is 12.0. The van der Waals surface area contributed by atoms with Crippen LogP contribution in [0.25, 0.3) is 0 Å². The van der Waals surface area contributed by atoms with Gasteiger partial charge in [0.05, 0.1) is 21.8 Å². The van der Waals surface area contributed by atoms with Crippen LogP contribution in [0.2, 0.25) is 10.0 Å². The SMILES string of the molecule is CC(NC(=O)c1cc(N)c(Cl)c(Cl)c1)c1ncn[nH]1. The monoisotopic (exact) mass is 299 g/mol. The molecule has 0 radical (unpaired) electrons. The van der Waals surface area contributed by atoms with E-state index in [4.69, 9.17) is 28.9 Å². The van der Waals surface area contributed by atoms with E-state index in [2.05, 4.69) is 20.5 Å². The summed E-state index contributed by atoms with van der Waals surface area (Å²) in [6.45, 7) is 1.78. The molecule has 6 nitrogen and oxygen atoms in total. The van der Waals surface area contributed by atoms with Gasteiger partial charge in [-0.05, 0) is 19.1 Å². The molecule has 19 heavy (non-hydrogen) atoms. The van der Waals surface area contributed by atoms with Crippen LogP contribution in [0, 0.1) is 0 Å². The summed E-state index contributed by atoms with van der Waals surface area (Å²) in [5.41, 5.74) is 6.25. The highest BCUT2D eigenvalue weighted by Crippen LogP contribution is 2.29. The number of carbonyl (C=O) groups excluding carboxylic acids is 1. The molecule has 4 N–H and O–H groups in total. The number of nitrogens with zero attached hydrogens (tertiary/aromatic N) is 2. The Morgan fingerprint density at radius 2 is 2.21 bits per heavy atom. The molecule has 0 aliphatic carbocycles. The van der Waals surface area contributed by atoms with Gasteiger partial charge in [-0.2, -0.15) is 5.10 Å². The van der Waals surface area contributed by atoms with Crippen LogP contribution in [0.1, 0.15) is 29.1 Å². The zero-order valence-corrected chi connectivity index (χ0v) is 11.5. The molecule has 0 spiro atoms. The molecule has 1 amide bonds. The summed E-state index contributed by atoms with van der Waals surface area (Å²) < 4.78 is 0. The number of nitrogens with one attached hydrogen (secondary N) is 2. The van der Waals surface area contributed by atoms with E-state index >= 15 is 0 Å². The molecule has 1 aromatic heterocycles. The summed E-state index contributed by atoms with van der Waals surface area (Å²) in [5, 5.41) is 9.61. The summed E-state index contributed by atoms with van der Waals surface area (Å²) in [7, 11) is 0. The van der Waals surface area contributed by atoms with Crippen molar-refractivity contribution in [1.29, 1.82) is 0 Å². The summed E-state index contributed by atoms with van der Waals surface area (Å²) in [6.07, 6.45) is 1.37. The molecule has 0 saturated heterocycles. The van der Waals surface area contributed by atoms with Crippen LogP contribution in [0.3, 0.4) is 0 Å². The van der Waals surface area contributed by atoms with Crippen LogP contribution in [0.4, 0.5) is 5.69 Å². The second-order valence-electron chi connectivity index (χ2n) is 3.93. The number of hydrogen-bond donors (Lipinski definition) is 3. The average Bonchev–Trinajstić information content (AvgIpc) is 2.89. The topological polar surface area (TPSA) is 96.7 Å². The number of aromatic nitrogens is 3. The number of halogens is 2. The number of H-pyrrole nitrogens is 1. The maximum absolute atomic E-state index is 12.0. The van der Waals surface area contributed by atoms with Crippen molar-refractivity contribution >= 4 is 34.8 Å². The standard InChI is InChI=1S/C11H11Cl2N5O/c1-5(10-15-4-16-18-10)17-11(19)6-2-7(12)9(13)8(14)3-6/h2-5H,14H2,1H3,(H,17,19)(H,15,16,18). The van der Waals surface area contributed by atoms with Crippen molar-refractivity contribution in [2.75, 3.05) is 5.73 Å². The predicted molar refractivity (Wildman–Crippen MR) is 73.1 cm³/mol. The molecule has 100 valence electrons. The Bertz CT molecular complexity index is 576. The van der Waals surface area contributed by atoms with E-state index < -0.39 is 0 Å². The number of benzene rings is 1. The van der Waals surface area contributed by atoms with Crippen molar-refractivity contribution in [1.82, 2.24) is 20.5 Å². The Balaban J connectivity index is 2.16. The van der Waals surface area contributed by atoms with Crippen LogP contribution in [-0.4, -0.2) is 21.1 Å². The number of nitrogen functional groups attached to an aromatic ring is 1. The van der Waals surface area contributed by atoms with Crippen molar-refractivity contribution in [3.8, 4) is 0 Å². The number of rotatable bonds is 3. The Kier molecular flexibility index (Phi) is 3.92. The van der Waals surface area contributed by atoms with E-state index in [-0.39, 0.29) is 27.7 Å². The van der Waals surface area contributed by atoms with E-state index in [0.717, 1.165) is 0 Å². The van der Waals surface area contributed by atoms with E-state index in [1.54, 1.807) is 6.92 Å². The van der Waals surface area contributed by atoms with Crippen LogP contribution < -0.4 is 11.1 Å². The van der Waals surface area contributed by atoms with Crippen LogP contribution in [0.5, 0.6) is 0 Å². The van der Waals surface area contributed by atoms with Gasteiger partial charge in [0.2, 0.25) is 0 Å². The fourth-order valence-electron chi connectivity index (χ4n) is 1.51. The molecule has 1 atom stereocenters. The van der Waals surface area contributed by atoms with Crippen LogP contribution >= 0.6 is 23.2 Å². The third-order valence-electron chi connectivity index (χ3n) is 2.51. The fraction of sp³-hybridized carbons (Fsp3) is 0.182. The average molecular weight is 300 g/mol. The molecular formula is C11H11Cl2N5O. The van der Waals surface area contributed by atoms with Crippen LogP contribution in [0.15, 0.2) is 18.5 Å². The largest absolute Gasteiger partial charge is 0.397 e. The molecule has 0 bridgehead atoms. The lowest BCUT2D eigenvalue weighted by Crippen LogP contribution is -2.27. The lowest BCUT2D eigenvalue weighted by molar-refractivity contribution is 0.0938. The van der Waals surface area contributed by atoms with Gasteiger partial charge >= 0.3 is 0 Å². The molecule has 0 aliphatic rings. The van der Waals surface area contributed by atoms with E-state index in [1.165, 1.54) is 18.5 Å². The Morgan fingerprint density at radius 1 is 1.47 bits per heavy atom. The summed E-state index contributed by atoms with van der Waals surface area (Å²) >= 11 is 11.7. The second kappa shape index (κ2) is 5.46. The summed E-state index contributed by atoms with van der Waals surface area (Å²) in [4.78, 5) is 16.0. The van der Waals surface area contributed by atoms with Gasteiger partial charge in [-0.3, -0.25) is 9.89 Å². The lowest BCUT2D eigenvalue weighted by Gasteiger charge is -2.12. The normalized spacial score (nSPS) is 12.2. The molecule has 1 unspecified atom stereocenters. The summed E-state index contributed by atoms with van der Waals surface area (Å²) in [5.74, 6) is 0.232. The molecule has 0 saturated carbocycles. The predicted octanol–water partition coefficient (Wildman–Crippen LogP) is 2.18. The van der Waals surface area contributed by atoms with Crippen molar-refractivity contribution in [3.63, 3.8) is 0 Å². The minimum Gasteiger partial charge on any atom is -0.397 e. The number of anilines is 1. The van der Waals surface area contributed by atoms with Gasteiger partial charge in [-0.1, -0.05) is 23.2 Å². The van der Waals surface area contributed by atoms with Crippen molar-refractivity contribution in [2.45, 2.75) is 13.0 Å². The molecule has 2 aromatic rings. The second-order valence-corrected chi connectivity index (χ2v) is 4.71. The Morgan fingerprint density at radius 3 is 2.79 bits per heavy atom. The molecule has 0 aliphatic heterocycles. The molecule has 1 aromatic carbocycles. The van der Waals surface area contributed by atoms with Gasteiger partial charge in [0.25, 0.3) is 5.91 Å². The molecule has 1 heterocycles. The highest BCUT2D eigenvalue weighted by atomic mass is 35.5. The number of carbonyl (C=O) groups is 1. The van der Waals surface area contributed by atoms with Crippen molar-refractivity contribution in [2.24, 2.45) is 0 Å². The highest BCUT2D eigenvalue weighted by molar-refractivity contribution is 6.43. The first kappa shape index (κ1) is 13.6. The number of aromatic amines is 1. The van der Waals surface area contributed by atoms with Gasteiger partial charge in [0, 0.05) is 5.56 Å². The van der Waals surface area contributed by atoms with Crippen molar-refractivity contribution in [3.05, 3.63) is 39.9 Å². The number of amides is 1. The minimum absolute atomic E-state index is 0.235. The van der Waals surface area contributed by atoms with Gasteiger partial charge in [-0.25, -0.2) is 4.98 Å². The first-order chi connectivity index (χ1) is 8.99. The minimum atomic E-state index is -0.325. The van der Waals surface area contributed by atoms with E-state index in [0.29, 0.717) is 11.4 Å². The summed E-state index contributed by atoms with van der Waals surface area (Å²) in [6, 6.07) is 2.62. The number of nitrogens with two attached hydrogens (primary N) is 1. The quantitative estimate of drug-likeness (QED) is 0.757. The fourth-order valence-corrected chi connectivity index (χ4v) is 1.85. The van der Waals surface area contributed by atoms with Gasteiger partial charge in [0.1, 0.15) is 12.2 Å². The van der Waals surface area contributed by atoms with Crippen LogP contribution in [-0.2, 0) is 0 Å². The maximum Gasteiger partial charge on any atom is 0.251 e. The smallest absolute Gasteiger partial charge is 0.251 e. The zero-order chi connectivity index (χ0) is 14.0. The van der Waals surface area contributed by atoms with E-state index in [1.807, 2.05) is 0 Å². The number of hydrogen-bond acceptors (Lipinski definition) is 4. The third-order valence-corrected chi connectivity index (χ3v) is 3.33. The molecule has 8 heteroatoms. The Labute approximate surface area is 119 Å². The van der Waals surface area contributed by atoms with Gasteiger partial charge in [-0.15, -0.1) is 0 Å². The Hall–Kier alpha value is -1.79. The van der Waals surface area contributed by atoms with Gasteiger partial charge < -0.3 is 11.1 Å². The zero-order valence-electron chi connectivity index (χ0n) is 9.95. The first-order valence-electron chi connectivity index (χ1n) is 5.39. The molecular weight excluding hydrogens is 289 g/mol. The van der Waals surface area contributed by atoms with E-state index in [9.17, 15) is 4.79 Å². The first-order valence-corrected chi connectivity index (χ1v) is 6.15.